The summed E-state index contributed by atoms with van der Waals surface area (Å²) in [4.78, 5) is 0. The number of ether oxygens (including phenoxy) is 4. The second kappa shape index (κ2) is 6.13. The molecule has 2 aliphatic rings. The molecule has 0 N–H and O–H groups in total. The van der Waals surface area contributed by atoms with E-state index in [-0.39, 0.29) is 18.5 Å². The molecule has 2 saturated heterocycles. The lowest BCUT2D eigenvalue weighted by Crippen LogP contribution is -2.54. The molecular formula is C18H24O4. The molecule has 4 heteroatoms. The number of hydrogen-bond acceptors (Lipinski definition) is 4. The van der Waals surface area contributed by atoms with Crippen LogP contribution in [0.2, 0.25) is 0 Å². The van der Waals surface area contributed by atoms with Crippen molar-refractivity contribution in [2.24, 2.45) is 5.92 Å². The Labute approximate surface area is 132 Å². The number of benzene rings is 1. The largest absolute Gasteiger partial charge is 0.350 e. The summed E-state index contributed by atoms with van der Waals surface area (Å²) >= 11 is 0. The van der Waals surface area contributed by atoms with Crippen molar-refractivity contribution in [3.63, 3.8) is 0 Å². The Morgan fingerprint density at radius 3 is 2.59 bits per heavy atom. The van der Waals surface area contributed by atoms with Gasteiger partial charge in [0, 0.05) is 25.0 Å². The highest BCUT2D eigenvalue weighted by Gasteiger charge is 2.51. The fourth-order valence-electron chi connectivity index (χ4n) is 3.13. The summed E-state index contributed by atoms with van der Waals surface area (Å²) < 4.78 is 23.9. The highest BCUT2D eigenvalue weighted by molar-refractivity contribution is 5.17. The normalized spacial score (nSPS) is 39.1. The molecule has 0 saturated carbocycles. The van der Waals surface area contributed by atoms with E-state index in [9.17, 15) is 0 Å². The van der Waals surface area contributed by atoms with E-state index in [1.807, 2.05) is 37.3 Å². The van der Waals surface area contributed by atoms with Crippen molar-refractivity contribution in [1.82, 2.24) is 0 Å². The highest BCUT2D eigenvalue weighted by Crippen LogP contribution is 2.43. The summed E-state index contributed by atoms with van der Waals surface area (Å²) in [5.41, 5.74) is 2.14. The number of rotatable bonds is 3. The lowest BCUT2D eigenvalue weighted by atomic mass is 9.86. The van der Waals surface area contributed by atoms with E-state index in [0.29, 0.717) is 18.9 Å². The molecule has 120 valence electrons. The van der Waals surface area contributed by atoms with Crippen LogP contribution in [0.3, 0.4) is 0 Å². The van der Waals surface area contributed by atoms with E-state index in [2.05, 4.69) is 13.5 Å². The van der Waals surface area contributed by atoms with Crippen molar-refractivity contribution < 1.29 is 18.9 Å². The van der Waals surface area contributed by atoms with Crippen LogP contribution in [0, 0.1) is 5.92 Å². The molecule has 0 spiro atoms. The molecule has 3 rings (SSSR count). The zero-order valence-electron chi connectivity index (χ0n) is 13.5. The summed E-state index contributed by atoms with van der Waals surface area (Å²) in [6, 6.07) is 9.92. The fourth-order valence-corrected chi connectivity index (χ4v) is 3.13. The van der Waals surface area contributed by atoms with Gasteiger partial charge in [-0.2, -0.15) is 0 Å². The van der Waals surface area contributed by atoms with Crippen molar-refractivity contribution >= 4 is 0 Å². The topological polar surface area (TPSA) is 36.9 Å². The van der Waals surface area contributed by atoms with Crippen LogP contribution in [-0.2, 0) is 18.9 Å². The second-order valence-electron chi connectivity index (χ2n) is 6.16. The molecule has 22 heavy (non-hydrogen) atoms. The first-order valence-corrected chi connectivity index (χ1v) is 7.78. The van der Waals surface area contributed by atoms with Crippen LogP contribution in [0.15, 0.2) is 42.5 Å². The van der Waals surface area contributed by atoms with E-state index >= 15 is 0 Å². The molecule has 0 aromatic heterocycles. The minimum absolute atomic E-state index is 0.0422. The molecule has 1 aromatic carbocycles. The zero-order chi connectivity index (χ0) is 15.7. The molecule has 5 atom stereocenters. The maximum absolute atomic E-state index is 6.19. The smallest absolute Gasteiger partial charge is 0.200 e. The summed E-state index contributed by atoms with van der Waals surface area (Å²) in [5, 5.41) is 0. The lowest BCUT2D eigenvalue weighted by molar-refractivity contribution is -0.306. The first kappa shape index (κ1) is 15.7. The molecule has 2 aliphatic heterocycles. The summed E-state index contributed by atoms with van der Waals surface area (Å²) in [6.07, 6.45) is 0.0320. The summed E-state index contributed by atoms with van der Waals surface area (Å²) in [5.74, 6) is -0.498. The first-order chi connectivity index (χ1) is 10.6. The Balaban J connectivity index is 1.77. The van der Waals surface area contributed by atoms with Gasteiger partial charge in [-0.1, -0.05) is 49.4 Å². The van der Waals surface area contributed by atoms with Gasteiger partial charge in [0.2, 0.25) is 5.79 Å². The van der Waals surface area contributed by atoms with Gasteiger partial charge in [0.1, 0.15) is 6.10 Å². The van der Waals surface area contributed by atoms with Crippen molar-refractivity contribution in [1.29, 1.82) is 0 Å². The molecular weight excluding hydrogens is 280 g/mol. The fraction of sp³-hybridized carbons (Fsp3) is 0.556. The van der Waals surface area contributed by atoms with Crippen LogP contribution in [-0.4, -0.2) is 31.7 Å². The molecule has 0 radical (unpaired) electrons. The predicted molar refractivity (Wildman–Crippen MR) is 83.2 cm³/mol. The monoisotopic (exact) mass is 304 g/mol. The van der Waals surface area contributed by atoms with Crippen molar-refractivity contribution in [3.8, 4) is 0 Å². The van der Waals surface area contributed by atoms with Gasteiger partial charge in [0.15, 0.2) is 6.29 Å². The van der Waals surface area contributed by atoms with Crippen LogP contribution in [0.4, 0.5) is 0 Å². The van der Waals surface area contributed by atoms with Crippen LogP contribution in [0.5, 0.6) is 0 Å². The third-order valence-corrected chi connectivity index (χ3v) is 4.80. The van der Waals surface area contributed by atoms with Crippen LogP contribution < -0.4 is 0 Å². The van der Waals surface area contributed by atoms with Crippen LogP contribution >= 0.6 is 0 Å². The Bertz CT molecular complexity index is 529. The number of hydrogen-bond donors (Lipinski definition) is 0. The molecule has 4 nitrogen and oxygen atoms in total. The van der Waals surface area contributed by atoms with Gasteiger partial charge in [-0.25, -0.2) is 0 Å². The summed E-state index contributed by atoms with van der Waals surface area (Å²) in [6.45, 7) is 8.81. The molecule has 1 unspecified atom stereocenters. The standard InChI is InChI=1S/C18H24O4/c1-12-10-18(19-4,22-14(3)13(12)2)16-11-20-17(21-16)15-8-6-5-7-9-15/h5-9,13-14,16-17H,1,10-11H2,2-4H3/t13-,14-,16-,17?,18-/m1/s1. The molecule has 0 aliphatic carbocycles. The van der Waals surface area contributed by atoms with Gasteiger partial charge in [0.05, 0.1) is 12.7 Å². The Hall–Kier alpha value is -1.20. The van der Waals surface area contributed by atoms with Crippen molar-refractivity contribution in [2.75, 3.05) is 13.7 Å². The Kier molecular flexibility index (Phi) is 4.37. The molecule has 0 bridgehead atoms. The van der Waals surface area contributed by atoms with Gasteiger partial charge in [-0.3, -0.25) is 0 Å². The Morgan fingerprint density at radius 2 is 1.95 bits per heavy atom. The van der Waals surface area contributed by atoms with Gasteiger partial charge < -0.3 is 18.9 Å². The third kappa shape index (κ3) is 2.72. The predicted octanol–water partition coefficient (Wildman–Crippen LogP) is 3.44. The SMILES string of the molecule is C=C1C[C@](OC)([C@H]2COC(c3ccccc3)O2)O[C@H](C)[C@@H]1C. The zero-order valence-corrected chi connectivity index (χ0v) is 13.5. The molecule has 2 heterocycles. The molecule has 2 fully saturated rings. The Morgan fingerprint density at radius 1 is 1.23 bits per heavy atom. The van der Waals surface area contributed by atoms with E-state index < -0.39 is 5.79 Å². The maximum atomic E-state index is 6.19. The minimum atomic E-state index is -0.813. The molecule has 1 aromatic rings. The average Bonchev–Trinajstić information content (AvgIpc) is 3.03. The average molecular weight is 304 g/mol. The van der Waals surface area contributed by atoms with Crippen LogP contribution in [0.25, 0.3) is 0 Å². The molecule has 0 amide bonds. The quantitative estimate of drug-likeness (QED) is 0.802. The minimum Gasteiger partial charge on any atom is -0.350 e. The highest BCUT2D eigenvalue weighted by atomic mass is 16.8. The first-order valence-electron chi connectivity index (χ1n) is 7.78. The van der Waals surface area contributed by atoms with Gasteiger partial charge in [0.25, 0.3) is 0 Å². The number of methoxy groups -OCH3 is 1. The summed E-state index contributed by atoms with van der Waals surface area (Å²) in [7, 11) is 1.66. The van der Waals surface area contributed by atoms with E-state index in [1.165, 1.54) is 0 Å². The van der Waals surface area contributed by atoms with E-state index in [0.717, 1.165) is 11.1 Å². The van der Waals surface area contributed by atoms with Gasteiger partial charge in [-0.15, -0.1) is 0 Å². The van der Waals surface area contributed by atoms with Gasteiger partial charge in [-0.05, 0) is 6.92 Å². The van der Waals surface area contributed by atoms with Gasteiger partial charge >= 0.3 is 0 Å². The lowest BCUT2D eigenvalue weighted by Gasteiger charge is -2.45. The van der Waals surface area contributed by atoms with E-state index in [1.54, 1.807) is 7.11 Å². The van der Waals surface area contributed by atoms with Crippen LogP contribution in [0.1, 0.15) is 32.1 Å². The van der Waals surface area contributed by atoms with E-state index in [4.69, 9.17) is 18.9 Å². The second-order valence-corrected chi connectivity index (χ2v) is 6.16. The van der Waals surface area contributed by atoms with Crippen molar-refractivity contribution in [3.05, 3.63) is 48.0 Å². The third-order valence-electron chi connectivity index (χ3n) is 4.80. The van der Waals surface area contributed by atoms with Crippen molar-refractivity contribution in [2.45, 2.75) is 44.6 Å². The maximum Gasteiger partial charge on any atom is 0.200 e.